The number of nitrogens with zero attached hydrogens (tertiary/aromatic N) is 2. The molecule has 6 nitrogen and oxygen atoms in total. The van der Waals surface area contributed by atoms with E-state index in [0.29, 0.717) is 13.1 Å². The Morgan fingerprint density at radius 3 is 2.86 bits per heavy atom. The molecule has 154 valence electrons. The second-order valence-electron chi connectivity index (χ2n) is 6.53. The van der Waals surface area contributed by atoms with Gasteiger partial charge in [-0.3, -0.25) is 0 Å². The van der Waals surface area contributed by atoms with Crippen LogP contribution in [-0.2, 0) is 25.9 Å². The summed E-state index contributed by atoms with van der Waals surface area (Å²) in [7, 11) is 1.70. The molecule has 0 aliphatic carbocycles. The quantitative estimate of drug-likeness (QED) is 0.332. The van der Waals surface area contributed by atoms with Crippen molar-refractivity contribution in [3.05, 3.63) is 39.3 Å². The predicted octanol–water partition coefficient (Wildman–Crippen LogP) is 3.91. The zero-order chi connectivity index (χ0) is 19.2. The summed E-state index contributed by atoms with van der Waals surface area (Å²) in [5, 5.41) is 7.71. The maximum Gasteiger partial charge on any atom is 0.191 e. The maximum atomic E-state index is 5.88. The third kappa shape index (κ3) is 5.73. The standard InChI is InChI=1S/C20H28N4O2S.HI/c1-5-16-11-22-19(27-16)12-24-20(21-6-2)23-10-15-9-18-14(7-13(3)26-18)8-17(15)25-4;/h8-9,11,13H,5-7,10,12H2,1-4H3,(H2,21,23,24);1H. The van der Waals surface area contributed by atoms with Gasteiger partial charge in [-0.25, -0.2) is 9.98 Å². The highest BCUT2D eigenvalue weighted by Gasteiger charge is 2.21. The minimum Gasteiger partial charge on any atom is -0.496 e. The topological polar surface area (TPSA) is 67.8 Å². The molecule has 2 N–H and O–H groups in total. The van der Waals surface area contributed by atoms with Gasteiger partial charge in [0, 0.05) is 35.2 Å². The molecule has 28 heavy (non-hydrogen) atoms. The van der Waals surface area contributed by atoms with E-state index in [1.54, 1.807) is 18.4 Å². The van der Waals surface area contributed by atoms with Gasteiger partial charge in [-0.1, -0.05) is 6.92 Å². The van der Waals surface area contributed by atoms with E-state index < -0.39 is 0 Å². The Kier molecular flexibility index (Phi) is 8.81. The smallest absolute Gasteiger partial charge is 0.191 e. The van der Waals surface area contributed by atoms with Crippen molar-refractivity contribution in [2.24, 2.45) is 4.99 Å². The molecule has 0 fully saturated rings. The number of hydrogen-bond acceptors (Lipinski definition) is 5. The van der Waals surface area contributed by atoms with Crippen LogP contribution >= 0.6 is 35.3 Å². The van der Waals surface area contributed by atoms with E-state index in [-0.39, 0.29) is 30.1 Å². The fraction of sp³-hybridized carbons (Fsp3) is 0.500. The van der Waals surface area contributed by atoms with Crippen LogP contribution in [0.4, 0.5) is 0 Å². The van der Waals surface area contributed by atoms with Crippen molar-refractivity contribution in [3.8, 4) is 11.5 Å². The Labute approximate surface area is 188 Å². The van der Waals surface area contributed by atoms with Crippen molar-refractivity contribution in [1.29, 1.82) is 0 Å². The van der Waals surface area contributed by atoms with Crippen LogP contribution in [0.5, 0.6) is 11.5 Å². The first kappa shape index (κ1) is 22.7. The van der Waals surface area contributed by atoms with E-state index in [9.17, 15) is 0 Å². The lowest BCUT2D eigenvalue weighted by Gasteiger charge is -2.12. The van der Waals surface area contributed by atoms with Gasteiger partial charge in [0.15, 0.2) is 5.96 Å². The van der Waals surface area contributed by atoms with Gasteiger partial charge in [0.1, 0.15) is 22.6 Å². The molecule has 1 aliphatic heterocycles. The lowest BCUT2D eigenvalue weighted by atomic mass is 10.1. The molecular formula is C20H29IN4O2S. The van der Waals surface area contributed by atoms with Crippen LogP contribution in [0, 0.1) is 0 Å². The molecule has 0 spiro atoms. The monoisotopic (exact) mass is 516 g/mol. The number of ether oxygens (including phenoxy) is 2. The molecule has 1 aliphatic rings. The Morgan fingerprint density at radius 1 is 1.36 bits per heavy atom. The van der Waals surface area contributed by atoms with Gasteiger partial charge >= 0.3 is 0 Å². The summed E-state index contributed by atoms with van der Waals surface area (Å²) in [4.78, 5) is 10.5. The molecule has 2 aromatic rings. The SMILES string of the molecule is CCNC(=NCc1cc2c(cc1OC)CC(C)O2)NCc1ncc(CC)s1.I. The van der Waals surface area contributed by atoms with Gasteiger partial charge in [0.2, 0.25) is 0 Å². The Hall–Kier alpha value is -1.55. The van der Waals surface area contributed by atoms with Crippen LogP contribution in [0.25, 0.3) is 0 Å². The third-order valence-electron chi connectivity index (χ3n) is 4.41. The van der Waals surface area contributed by atoms with E-state index in [0.717, 1.165) is 47.4 Å². The molecule has 0 saturated heterocycles. The second-order valence-corrected chi connectivity index (χ2v) is 7.73. The van der Waals surface area contributed by atoms with Gasteiger partial charge in [-0.15, -0.1) is 35.3 Å². The maximum absolute atomic E-state index is 5.88. The van der Waals surface area contributed by atoms with E-state index in [2.05, 4.69) is 48.5 Å². The molecule has 1 aromatic carbocycles. The number of nitrogens with one attached hydrogen (secondary N) is 2. The molecule has 1 unspecified atom stereocenters. The molecule has 0 bridgehead atoms. The molecule has 1 aromatic heterocycles. The number of fused-ring (bicyclic) bond motifs is 1. The fourth-order valence-electron chi connectivity index (χ4n) is 3.05. The zero-order valence-electron chi connectivity index (χ0n) is 16.9. The largest absolute Gasteiger partial charge is 0.496 e. The summed E-state index contributed by atoms with van der Waals surface area (Å²) in [6.45, 7) is 8.26. The van der Waals surface area contributed by atoms with Gasteiger partial charge < -0.3 is 20.1 Å². The summed E-state index contributed by atoms with van der Waals surface area (Å²) in [5.41, 5.74) is 2.22. The minimum atomic E-state index is 0. The number of aryl methyl sites for hydroxylation is 1. The van der Waals surface area contributed by atoms with Crippen molar-refractivity contribution in [2.75, 3.05) is 13.7 Å². The first-order chi connectivity index (χ1) is 13.1. The lowest BCUT2D eigenvalue weighted by Crippen LogP contribution is -2.36. The number of benzene rings is 1. The van der Waals surface area contributed by atoms with Crippen molar-refractivity contribution in [2.45, 2.75) is 52.8 Å². The van der Waals surface area contributed by atoms with E-state index in [1.165, 1.54) is 10.4 Å². The number of aliphatic imine (C=N–C) groups is 1. The number of methoxy groups -OCH3 is 1. The summed E-state index contributed by atoms with van der Waals surface area (Å²) in [6, 6.07) is 4.13. The first-order valence-electron chi connectivity index (χ1n) is 9.45. The number of thiazole rings is 1. The van der Waals surface area contributed by atoms with Crippen LogP contribution in [-0.4, -0.2) is 30.7 Å². The first-order valence-corrected chi connectivity index (χ1v) is 10.3. The average molecular weight is 516 g/mol. The van der Waals surface area contributed by atoms with E-state index in [1.807, 2.05) is 6.20 Å². The van der Waals surface area contributed by atoms with Gasteiger partial charge in [0.25, 0.3) is 0 Å². The Bertz CT molecular complexity index is 809. The van der Waals surface area contributed by atoms with Crippen molar-refractivity contribution >= 4 is 41.3 Å². The fourth-order valence-corrected chi connectivity index (χ4v) is 3.86. The normalized spacial score (nSPS) is 15.4. The minimum absolute atomic E-state index is 0. The molecule has 0 radical (unpaired) electrons. The zero-order valence-corrected chi connectivity index (χ0v) is 20.0. The van der Waals surface area contributed by atoms with Gasteiger partial charge in [-0.05, 0) is 32.4 Å². The molecule has 0 saturated carbocycles. The average Bonchev–Trinajstić information content (AvgIpc) is 3.27. The molecule has 1 atom stereocenters. The summed E-state index contributed by atoms with van der Waals surface area (Å²) < 4.78 is 11.4. The number of rotatable bonds is 7. The van der Waals surface area contributed by atoms with Crippen molar-refractivity contribution in [1.82, 2.24) is 15.6 Å². The number of halogens is 1. The summed E-state index contributed by atoms with van der Waals surface area (Å²) in [5.74, 6) is 2.57. The molecular weight excluding hydrogens is 487 g/mol. The van der Waals surface area contributed by atoms with E-state index in [4.69, 9.17) is 14.5 Å². The summed E-state index contributed by atoms with van der Waals surface area (Å²) >= 11 is 1.73. The number of guanidine groups is 1. The molecule has 2 heterocycles. The Balaban J connectivity index is 0.00000280. The van der Waals surface area contributed by atoms with E-state index >= 15 is 0 Å². The third-order valence-corrected chi connectivity index (χ3v) is 5.55. The molecule has 0 amide bonds. The van der Waals surface area contributed by atoms with Gasteiger partial charge in [-0.2, -0.15) is 0 Å². The van der Waals surface area contributed by atoms with Crippen LogP contribution < -0.4 is 20.1 Å². The lowest BCUT2D eigenvalue weighted by molar-refractivity contribution is 0.254. The number of aromatic nitrogens is 1. The highest BCUT2D eigenvalue weighted by molar-refractivity contribution is 14.0. The number of hydrogen-bond donors (Lipinski definition) is 2. The highest BCUT2D eigenvalue weighted by Crippen LogP contribution is 2.35. The molecule has 8 heteroatoms. The van der Waals surface area contributed by atoms with Crippen molar-refractivity contribution < 1.29 is 9.47 Å². The predicted molar refractivity (Wildman–Crippen MR) is 125 cm³/mol. The van der Waals surface area contributed by atoms with Gasteiger partial charge in [0.05, 0.1) is 20.2 Å². The van der Waals surface area contributed by atoms with Crippen molar-refractivity contribution in [3.63, 3.8) is 0 Å². The summed E-state index contributed by atoms with van der Waals surface area (Å²) in [6.07, 6.45) is 4.11. The Morgan fingerprint density at radius 2 is 2.18 bits per heavy atom. The highest BCUT2D eigenvalue weighted by atomic mass is 127. The van der Waals surface area contributed by atoms with Crippen LogP contribution in [0.15, 0.2) is 23.3 Å². The van der Waals surface area contributed by atoms with Crippen LogP contribution in [0.3, 0.4) is 0 Å². The second kappa shape index (κ2) is 10.8. The van der Waals surface area contributed by atoms with Crippen LogP contribution in [0.1, 0.15) is 41.8 Å². The molecule has 3 rings (SSSR count). The van der Waals surface area contributed by atoms with Crippen LogP contribution in [0.2, 0.25) is 0 Å².